The van der Waals surface area contributed by atoms with Crippen molar-refractivity contribution in [3.8, 4) is 5.75 Å². The summed E-state index contributed by atoms with van der Waals surface area (Å²) in [5.74, 6) is 0.404. The van der Waals surface area contributed by atoms with Gasteiger partial charge in [-0.3, -0.25) is 0 Å². The number of nitrogens with two attached hydrogens (primary N) is 1. The van der Waals surface area contributed by atoms with E-state index >= 15 is 0 Å². The van der Waals surface area contributed by atoms with E-state index in [1.165, 1.54) is 39.2 Å². The van der Waals surface area contributed by atoms with Gasteiger partial charge >= 0.3 is 5.97 Å². The van der Waals surface area contributed by atoms with E-state index in [4.69, 9.17) is 15.2 Å². The Morgan fingerprint density at radius 1 is 1.27 bits per heavy atom. The summed E-state index contributed by atoms with van der Waals surface area (Å²) in [4.78, 5) is 11.6. The lowest BCUT2D eigenvalue weighted by molar-refractivity contribution is 0.0599. The topological polar surface area (TPSA) is 61.5 Å². The highest BCUT2D eigenvalue weighted by Gasteiger charge is 2.32. The number of carbonyl (C=O) groups is 1. The second-order valence-corrected chi connectivity index (χ2v) is 6.26. The third-order valence-electron chi connectivity index (χ3n) is 4.63. The second-order valence-electron chi connectivity index (χ2n) is 6.26. The van der Waals surface area contributed by atoms with Gasteiger partial charge in [0.2, 0.25) is 0 Å². The van der Waals surface area contributed by atoms with Gasteiger partial charge in [0.1, 0.15) is 5.75 Å². The van der Waals surface area contributed by atoms with Crippen molar-refractivity contribution in [1.29, 1.82) is 0 Å². The summed E-state index contributed by atoms with van der Waals surface area (Å²) in [7, 11) is 1.39. The molecule has 0 radical (unpaired) electrons. The van der Waals surface area contributed by atoms with Crippen LogP contribution in [-0.4, -0.2) is 26.2 Å². The maximum absolute atomic E-state index is 11.6. The molecule has 0 aliphatic heterocycles. The molecule has 0 aromatic heterocycles. The Bertz CT molecular complexity index is 481. The van der Waals surface area contributed by atoms with Gasteiger partial charge in [-0.15, -0.1) is 0 Å². The van der Waals surface area contributed by atoms with Crippen LogP contribution in [-0.2, 0) is 4.74 Å². The van der Waals surface area contributed by atoms with Gasteiger partial charge in [-0.1, -0.05) is 25.3 Å². The van der Waals surface area contributed by atoms with Crippen LogP contribution >= 0.6 is 0 Å². The van der Waals surface area contributed by atoms with E-state index in [0.29, 0.717) is 12.2 Å². The van der Waals surface area contributed by atoms with Crippen molar-refractivity contribution < 1.29 is 14.3 Å². The summed E-state index contributed by atoms with van der Waals surface area (Å²) in [5.41, 5.74) is 6.46. The summed E-state index contributed by atoms with van der Waals surface area (Å²) in [5, 5.41) is 0. The Hall–Kier alpha value is -1.55. The maximum atomic E-state index is 11.6. The van der Waals surface area contributed by atoms with Crippen molar-refractivity contribution in [2.75, 3.05) is 20.3 Å². The lowest BCUT2D eigenvalue weighted by atomic mass is 9.72. The Morgan fingerprint density at radius 3 is 2.73 bits per heavy atom. The zero-order valence-corrected chi connectivity index (χ0v) is 13.5. The molecule has 4 heteroatoms. The smallest absolute Gasteiger partial charge is 0.337 e. The summed E-state index contributed by atoms with van der Waals surface area (Å²) < 4.78 is 10.8. The standard InChI is InChI=1S/C18H27NO3/c1-21-17(20)15-7-5-8-16(13-15)22-14-18(11-6-12-19)9-3-2-4-10-18/h5,7-8,13H,2-4,6,9-12,14,19H2,1H3. The first-order valence-corrected chi connectivity index (χ1v) is 8.20. The Labute approximate surface area is 133 Å². The van der Waals surface area contributed by atoms with E-state index in [0.717, 1.165) is 25.1 Å². The van der Waals surface area contributed by atoms with Crippen LogP contribution in [0.5, 0.6) is 5.75 Å². The van der Waals surface area contributed by atoms with Crippen molar-refractivity contribution in [2.24, 2.45) is 11.1 Å². The van der Waals surface area contributed by atoms with Crippen molar-refractivity contribution in [3.63, 3.8) is 0 Å². The first-order valence-electron chi connectivity index (χ1n) is 8.20. The molecule has 122 valence electrons. The minimum Gasteiger partial charge on any atom is -0.493 e. The normalized spacial score (nSPS) is 17.0. The van der Waals surface area contributed by atoms with Gasteiger partial charge in [0.05, 0.1) is 19.3 Å². The van der Waals surface area contributed by atoms with Crippen molar-refractivity contribution in [1.82, 2.24) is 0 Å². The zero-order chi connectivity index (χ0) is 15.8. The highest BCUT2D eigenvalue weighted by atomic mass is 16.5. The number of rotatable bonds is 7. The van der Waals surface area contributed by atoms with Crippen LogP contribution < -0.4 is 10.5 Å². The molecule has 22 heavy (non-hydrogen) atoms. The molecule has 0 bridgehead atoms. The largest absolute Gasteiger partial charge is 0.493 e. The highest BCUT2D eigenvalue weighted by molar-refractivity contribution is 5.89. The fourth-order valence-electron chi connectivity index (χ4n) is 3.31. The molecule has 0 heterocycles. The predicted molar refractivity (Wildman–Crippen MR) is 87.1 cm³/mol. The van der Waals surface area contributed by atoms with Gasteiger partial charge in [-0.25, -0.2) is 4.79 Å². The number of hydrogen-bond acceptors (Lipinski definition) is 4. The minimum absolute atomic E-state index is 0.249. The van der Waals surface area contributed by atoms with Crippen molar-refractivity contribution in [2.45, 2.75) is 44.9 Å². The van der Waals surface area contributed by atoms with Crippen molar-refractivity contribution in [3.05, 3.63) is 29.8 Å². The van der Waals surface area contributed by atoms with Gasteiger partial charge in [0.15, 0.2) is 0 Å². The number of esters is 1. The van der Waals surface area contributed by atoms with Gasteiger partial charge in [0.25, 0.3) is 0 Å². The summed E-state index contributed by atoms with van der Waals surface area (Å²) in [6, 6.07) is 7.22. The molecule has 1 aromatic carbocycles. The first-order chi connectivity index (χ1) is 10.7. The molecule has 1 saturated carbocycles. The Kier molecular flexibility index (Phi) is 6.25. The van der Waals surface area contributed by atoms with E-state index < -0.39 is 0 Å². The van der Waals surface area contributed by atoms with Crippen LogP contribution in [0.15, 0.2) is 24.3 Å². The molecule has 0 spiro atoms. The summed E-state index contributed by atoms with van der Waals surface area (Å²) in [6.45, 7) is 1.44. The number of carbonyl (C=O) groups excluding carboxylic acids is 1. The molecule has 0 atom stereocenters. The fraction of sp³-hybridized carbons (Fsp3) is 0.611. The number of methoxy groups -OCH3 is 1. The zero-order valence-electron chi connectivity index (χ0n) is 13.5. The van der Waals surface area contributed by atoms with Gasteiger partial charge in [0, 0.05) is 5.41 Å². The van der Waals surface area contributed by atoms with Crippen molar-refractivity contribution >= 4 is 5.97 Å². The van der Waals surface area contributed by atoms with Gasteiger partial charge < -0.3 is 15.2 Å². The second kappa shape index (κ2) is 8.18. The van der Waals surface area contributed by atoms with Crippen LogP contribution in [0.25, 0.3) is 0 Å². The lowest BCUT2D eigenvalue weighted by Gasteiger charge is -2.37. The third-order valence-corrected chi connectivity index (χ3v) is 4.63. The third kappa shape index (κ3) is 4.47. The molecule has 1 aliphatic rings. The average Bonchev–Trinajstić information content (AvgIpc) is 2.59. The van der Waals surface area contributed by atoms with E-state index in [2.05, 4.69) is 0 Å². The quantitative estimate of drug-likeness (QED) is 0.783. The molecule has 0 unspecified atom stereocenters. The first kappa shape index (κ1) is 16.8. The lowest BCUT2D eigenvalue weighted by Crippen LogP contribution is -2.31. The molecule has 2 rings (SSSR count). The van der Waals surface area contributed by atoms with E-state index in [1.54, 1.807) is 12.1 Å². The van der Waals surface area contributed by atoms with Crippen LogP contribution in [0.2, 0.25) is 0 Å². The fourth-order valence-corrected chi connectivity index (χ4v) is 3.31. The number of hydrogen-bond donors (Lipinski definition) is 1. The minimum atomic E-state index is -0.332. The van der Waals surface area contributed by atoms with Gasteiger partial charge in [-0.05, 0) is 50.4 Å². The molecular formula is C18H27NO3. The molecule has 0 saturated heterocycles. The molecule has 1 aliphatic carbocycles. The van der Waals surface area contributed by atoms with Crippen LogP contribution in [0.1, 0.15) is 55.3 Å². The van der Waals surface area contributed by atoms with E-state index in [9.17, 15) is 4.79 Å². The highest BCUT2D eigenvalue weighted by Crippen LogP contribution is 2.40. The number of benzene rings is 1. The van der Waals surface area contributed by atoms with Crippen LogP contribution in [0.3, 0.4) is 0 Å². The SMILES string of the molecule is COC(=O)c1cccc(OCC2(CCCN)CCCCC2)c1. The summed E-state index contributed by atoms with van der Waals surface area (Å²) >= 11 is 0. The molecule has 1 fully saturated rings. The predicted octanol–water partition coefficient (Wildman–Crippen LogP) is 3.54. The monoisotopic (exact) mass is 305 g/mol. The Morgan fingerprint density at radius 2 is 2.05 bits per heavy atom. The molecule has 4 nitrogen and oxygen atoms in total. The van der Waals surface area contributed by atoms with Gasteiger partial charge in [-0.2, -0.15) is 0 Å². The van der Waals surface area contributed by atoms with Crippen LogP contribution in [0.4, 0.5) is 0 Å². The molecule has 2 N–H and O–H groups in total. The molecular weight excluding hydrogens is 278 g/mol. The van der Waals surface area contributed by atoms with E-state index in [1.807, 2.05) is 12.1 Å². The molecule has 0 amide bonds. The average molecular weight is 305 g/mol. The van der Waals surface area contributed by atoms with Crippen LogP contribution in [0, 0.1) is 5.41 Å². The Balaban J connectivity index is 2.01. The number of ether oxygens (including phenoxy) is 2. The maximum Gasteiger partial charge on any atom is 0.337 e. The van der Waals surface area contributed by atoms with E-state index in [-0.39, 0.29) is 11.4 Å². The molecule has 1 aromatic rings. The summed E-state index contributed by atoms with van der Waals surface area (Å²) in [6.07, 6.45) is 8.47.